The molecule has 0 amide bonds. The Kier molecular flexibility index (Phi) is 10.8. The first-order valence-corrected chi connectivity index (χ1v) is 21.2. The van der Waals surface area contributed by atoms with E-state index in [-0.39, 0.29) is 0 Å². The summed E-state index contributed by atoms with van der Waals surface area (Å²) in [6.45, 7) is 0. The highest BCUT2D eigenvalue weighted by Gasteiger charge is 2.15. The van der Waals surface area contributed by atoms with Crippen molar-refractivity contribution in [2.24, 2.45) is 0 Å². The van der Waals surface area contributed by atoms with Crippen LogP contribution in [-0.4, -0.2) is 0 Å². The van der Waals surface area contributed by atoms with E-state index in [1.54, 1.807) is 0 Å². The number of fused-ring (bicyclic) bond motifs is 2. The lowest BCUT2D eigenvalue weighted by Crippen LogP contribution is -2.10. The van der Waals surface area contributed by atoms with Gasteiger partial charge in [-0.1, -0.05) is 182 Å². The molecule has 10 aromatic rings. The fourth-order valence-corrected chi connectivity index (χ4v) is 8.13. The molecule has 2 nitrogen and oxygen atoms in total. The van der Waals surface area contributed by atoms with Crippen LogP contribution in [-0.2, 0) is 0 Å². The second-order valence-electron chi connectivity index (χ2n) is 15.5. The molecule has 0 fully saturated rings. The van der Waals surface area contributed by atoms with Crippen LogP contribution in [0.1, 0.15) is 22.3 Å². The highest BCUT2D eigenvalue weighted by atomic mass is 15.1. The van der Waals surface area contributed by atoms with Crippen LogP contribution in [0, 0.1) is 0 Å². The summed E-state index contributed by atoms with van der Waals surface area (Å²) in [4.78, 5) is 4.62. The SMILES string of the molecule is C(=Cc1ccc2ccccc2c1)c1ccc(N(c2ccccc2)c2ccc(-c3ccc(N(c4ccccc4)c4ccc(/C=C/c5ccc6ccccc6c5)cc4)cc3)cc2)cc1. The number of hydrogen-bond donors (Lipinski definition) is 0. The van der Waals surface area contributed by atoms with Crippen molar-refractivity contribution in [1.29, 1.82) is 0 Å². The average Bonchev–Trinajstić information content (AvgIpc) is 3.35. The lowest BCUT2D eigenvalue weighted by molar-refractivity contribution is 1.28. The monoisotopic (exact) mass is 792 g/mol. The van der Waals surface area contributed by atoms with Gasteiger partial charge in [-0.3, -0.25) is 0 Å². The first kappa shape index (κ1) is 38.0. The molecule has 0 aliphatic heterocycles. The van der Waals surface area contributed by atoms with E-state index >= 15 is 0 Å². The Morgan fingerprint density at radius 1 is 0.210 bits per heavy atom. The van der Waals surface area contributed by atoms with Crippen molar-refractivity contribution in [2.75, 3.05) is 9.80 Å². The molecule has 0 saturated carbocycles. The van der Waals surface area contributed by atoms with Crippen LogP contribution in [0.4, 0.5) is 34.1 Å². The molecule has 0 heterocycles. The molecule has 0 bridgehead atoms. The maximum atomic E-state index is 2.31. The summed E-state index contributed by atoms with van der Waals surface area (Å²) < 4.78 is 0. The van der Waals surface area contributed by atoms with E-state index < -0.39 is 0 Å². The number of benzene rings is 10. The van der Waals surface area contributed by atoms with Crippen molar-refractivity contribution in [3.8, 4) is 11.1 Å². The number of anilines is 6. The van der Waals surface area contributed by atoms with Crippen molar-refractivity contribution >= 4 is 80.0 Å². The molecule has 0 unspecified atom stereocenters. The normalized spacial score (nSPS) is 11.4. The first-order chi connectivity index (χ1) is 30.7. The minimum absolute atomic E-state index is 1.10. The molecule has 0 N–H and O–H groups in total. The fourth-order valence-electron chi connectivity index (χ4n) is 8.13. The standard InChI is InChI=1S/C60H44N2/c1-3-15-55(16-4-1)61(57-35-25-45(26-36-57)19-21-47-23-29-49-11-7-9-13-53(49)43-47)59-39-31-51(32-40-59)52-33-41-60(42-34-52)62(56-17-5-2-6-18-56)58-37-27-46(28-38-58)20-22-48-24-30-50-12-8-10-14-54(50)44-48/h1-44H/b21-19+,22-20?. The molecular formula is C60H44N2. The maximum Gasteiger partial charge on any atom is 0.0462 e. The Morgan fingerprint density at radius 2 is 0.484 bits per heavy atom. The van der Waals surface area contributed by atoms with Gasteiger partial charge in [0, 0.05) is 34.1 Å². The van der Waals surface area contributed by atoms with E-state index in [4.69, 9.17) is 0 Å². The molecule has 0 saturated heterocycles. The maximum absolute atomic E-state index is 2.31. The second-order valence-corrected chi connectivity index (χ2v) is 15.5. The molecule has 0 spiro atoms. The molecule has 2 heteroatoms. The minimum Gasteiger partial charge on any atom is -0.311 e. The van der Waals surface area contributed by atoms with Crippen LogP contribution in [0.15, 0.2) is 243 Å². The zero-order valence-electron chi connectivity index (χ0n) is 34.3. The van der Waals surface area contributed by atoms with Crippen molar-refractivity contribution in [3.05, 3.63) is 265 Å². The van der Waals surface area contributed by atoms with Crippen molar-refractivity contribution in [3.63, 3.8) is 0 Å². The summed E-state index contributed by atoms with van der Waals surface area (Å²) in [5, 5.41) is 5.01. The molecule has 0 atom stereocenters. The van der Waals surface area contributed by atoms with Gasteiger partial charge in [0.05, 0.1) is 0 Å². The summed E-state index contributed by atoms with van der Waals surface area (Å²) in [5.41, 5.74) is 13.6. The minimum atomic E-state index is 1.10. The van der Waals surface area contributed by atoms with Gasteiger partial charge in [0.1, 0.15) is 0 Å². The Balaban J connectivity index is 0.875. The van der Waals surface area contributed by atoms with E-state index in [1.165, 1.54) is 32.7 Å². The Morgan fingerprint density at radius 3 is 0.855 bits per heavy atom. The first-order valence-electron chi connectivity index (χ1n) is 21.2. The topological polar surface area (TPSA) is 6.48 Å². The third-order valence-corrected chi connectivity index (χ3v) is 11.4. The predicted molar refractivity (Wildman–Crippen MR) is 267 cm³/mol. The Hall–Kier alpha value is -8.20. The predicted octanol–water partition coefficient (Wildman–Crippen LogP) is 16.9. The Bertz CT molecular complexity index is 2910. The largest absolute Gasteiger partial charge is 0.311 e. The van der Waals surface area contributed by atoms with E-state index in [0.29, 0.717) is 0 Å². The summed E-state index contributed by atoms with van der Waals surface area (Å²) in [6.07, 6.45) is 8.74. The summed E-state index contributed by atoms with van der Waals surface area (Å²) in [7, 11) is 0. The van der Waals surface area contributed by atoms with Crippen LogP contribution in [0.25, 0.3) is 57.0 Å². The van der Waals surface area contributed by atoms with Gasteiger partial charge in [0.25, 0.3) is 0 Å². The third kappa shape index (κ3) is 8.45. The molecule has 62 heavy (non-hydrogen) atoms. The van der Waals surface area contributed by atoms with Crippen molar-refractivity contribution < 1.29 is 0 Å². The fraction of sp³-hybridized carbons (Fsp3) is 0. The zero-order valence-corrected chi connectivity index (χ0v) is 34.3. The van der Waals surface area contributed by atoms with Crippen molar-refractivity contribution in [1.82, 2.24) is 0 Å². The molecular weight excluding hydrogens is 749 g/mol. The van der Waals surface area contributed by atoms with E-state index in [0.717, 1.165) is 56.4 Å². The Labute approximate surface area is 364 Å². The van der Waals surface area contributed by atoms with Crippen molar-refractivity contribution in [2.45, 2.75) is 0 Å². The highest BCUT2D eigenvalue weighted by Crippen LogP contribution is 2.38. The summed E-state index contributed by atoms with van der Waals surface area (Å²) in [5.74, 6) is 0. The van der Waals surface area contributed by atoms with Crippen LogP contribution in [0.3, 0.4) is 0 Å². The molecule has 294 valence electrons. The third-order valence-electron chi connectivity index (χ3n) is 11.4. The molecule has 0 aliphatic carbocycles. The second kappa shape index (κ2) is 17.6. The van der Waals surface area contributed by atoms with Gasteiger partial charge in [-0.05, 0) is 140 Å². The van der Waals surface area contributed by atoms with E-state index in [1.807, 2.05) is 0 Å². The molecule has 0 aliphatic rings. The van der Waals surface area contributed by atoms with E-state index in [9.17, 15) is 0 Å². The molecule has 10 rings (SSSR count). The van der Waals surface area contributed by atoms with Crippen LogP contribution >= 0.6 is 0 Å². The molecule has 0 aromatic heterocycles. The quantitative estimate of drug-likeness (QED) is 0.120. The summed E-state index contributed by atoms with van der Waals surface area (Å²) >= 11 is 0. The molecule has 10 aromatic carbocycles. The number of rotatable bonds is 11. The number of nitrogens with zero attached hydrogens (tertiary/aromatic N) is 2. The zero-order chi connectivity index (χ0) is 41.5. The van der Waals surface area contributed by atoms with Gasteiger partial charge in [0.15, 0.2) is 0 Å². The van der Waals surface area contributed by atoms with Gasteiger partial charge >= 0.3 is 0 Å². The van der Waals surface area contributed by atoms with Gasteiger partial charge in [-0.2, -0.15) is 0 Å². The van der Waals surface area contributed by atoms with Crippen LogP contribution < -0.4 is 9.80 Å². The number of hydrogen-bond acceptors (Lipinski definition) is 2. The van der Waals surface area contributed by atoms with Crippen LogP contribution in [0.2, 0.25) is 0 Å². The van der Waals surface area contributed by atoms with E-state index in [2.05, 4.69) is 277 Å². The van der Waals surface area contributed by atoms with Gasteiger partial charge < -0.3 is 9.80 Å². The lowest BCUT2D eigenvalue weighted by Gasteiger charge is -2.26. The average molecular weight is 793 g/mol. The van der Waals surface area contributed by atoms with Gasteiger partial charge in [-0.15, -0.1) is 0 Å². The highest BCUT2D eigenvalue weighted by molar-refractivity contribution is 5.88. The number of para-hydroxylation sites is 2. The summed E-state index contributed by atoms with van der Waals surface area (Å²) in [6, 6.07) is 86.7. The van der Waals surface area contributed by atoms with Gasteiger partial charge in [0.2, 0.25) is 0 Å². The van der Waals surface area contributed by atoms with Gasteiger partial charge in [-0.25, -0.2) is 0 Å². The molecule has 0 radical (unpaired) electrons. The lowest BCUT2D eigenvalue weighted by atomic mass is 10.0. The van der Waals surface area contributed by atoms with Crippen LogP contribution in [0.5, 0.6) is 0 Å². The smallest absolute Gasteiger partial charge is 0.0462 e.